The van der Waals surface area contributed by atoms with Crippen molar-refractivity contribution in [3.63, 3.8) is 0 Å². The van der Waals surface area contributed by atoms with E-state index in [4.69, 9.17) is 10.2 Å². The van der Waals surface area contributed by atoms with Crippen molar-refractivity contribution in [2.24, 2.45) is 0 Å². The highest BCUT2D eigenvalue weighted by molar-refractivity contribution is 5.26. The van der Waals surface area contributed by atoms with Gasteiger partial charge in [-0.2, -0.15) is 0 Å². The summed E-state index contributed by atoms with van der Waals surface area (Å²) in [5.74, 6) is 0. The summed E-state index contributed by atoms with van der Waals surface area (Å²) >= 11 is 0. The Labute approximate surface area is 127 Å². The Morgan fingerprint density at radius 3 is 0.850 bits per heavy atom. The molecule has 120 valence electrons. The molecule has 0 rings (SSSR count). The van der Waals surface area contributed by atoms with E-state index in [2.05, 4.69) is 13.8 Å². The van der Waals surface area contributed by atoms with Crippen molar-refractivity contribution in [1.29, 1.82) is 5.41 Å². The first kappa shape index (κ1) is 21.7. The van der Waals surface area contributed by atoms with Crippen molar-refractivity contribution in [1.82, 2.24) is 0 Å². The van der Waals surface area contributed by atoms with Gasteiger partial charge in [0.2, 0.25) is 6.08 Å². The Balaban J connectivity index is 0. The van der Waals surface area contributed by atoms with Gasteiger partial charge in [0.25, 0.3) is 0 Å². The van der Waals surface area contributed by atoms with Gasteiger partial charge in [-0.25, -0.2) is 10.2 Å². The molecule has 0 saturated carbocycles. The fourth-order valence-electron chi connectivity index (χ4n) is 2.44. The zero-order chi connectivity index (χ0) is 15.3. The number of hydrogen-bond acceptors (Lipinski definition) is 2. The van der Waals surface area contributed by atoms with E-state index in [0.29, 0.717) is 0 Å². The van der Waals surface area contributed by atoms with Crippen LogP contribution in [0.15, 0.2) is 0 Å². The van der Waals surface area contributed by atoms with E-state index in [1.807, 2.05) is 0 Å². The van der Waals surface area contributed by atoms with Crippen LogP contribution >= 0.6 is 0 Å². The van der Waals surface area contributed by atoms with Gasteiger partial charge in [0.15, 0.2) is 0 Å². The maximum Gasteiger partial charge on any atom is 0.231 e. The van der Waals surface area contributed by atoms with Gasteiger partial charge in [-0.3, -0.25) is 0 Å². The molecule has 0 fully saturated rings. The molecule has 0 aliphatic heterocycles. The van der Waals surface area contributed by atoms with Crippen molar-refractivity contribution in [2.45, 2.75) is 110 Å². The van der Waals surface area contributed by atoms with E-state index in [1.165, 1.54) is 96.3 Å². The zero-order valence-electron chi connectivity index (χ0n) is 14.0. The number of isocyanates is 1. The third-order valence-corrected chi connectivity index (χ3v) is 3.71. The minimum absolute atomic E-state index is 0.750. The topological polar surface area (TPSA) is 40.9 Å². The predicted octanol–water partition coefficient (Wildman–Crippen LogP) is 6.78. The highest BCUT2D eigenvalue weighted by atomic mass is 16.1. The SMILES string of the molecule is CCCCCCCCCCCCCCCCC.N=C=O. The first-order chi connectivity index (χ1) is 9.83. The van der Waals surface area contributed by atoms with Gasteiger partial charge < -0.3 is 0 Å². The molecule has 20 heavy (non-hydrogen) atoms. The Morgan fingerprint density at radius 1 is 0.550 bits per heavy atom. The van der Waals surface area contributed by atoms with Crippen molar-refractivity contribution in [3.8, 4) is 0 Å². The summed E-state index contributed by atoms with van der Waals surface area (Å²) in [4.78, 5) is 8.35. The summed E-state index contributed by atoms with van der Waals surface area (Å²) in [5.41, 5.74) is 0. The molecule has 0 aliphatic carbocycles. The van der Waals surface area contributed by atoms with Gasteiger partial charge >= 0.3 is 0 Å². The third kappa shape index (κ3) is 26.0. The van der Waals surface area contributed by atoms with Crippen LogP contribution in [0.3, 0.4) is 0 Å². The van der Waals surface area contributed by atoms with Crippen LogP contribution in [-0.2, 0) is 4.79 Å². The van der Waals surface area contributed by atoms with Gasteiger partial charge in [0.05, 0.1) is 0 Å². The summed E-state index contributed by atoms with van der Waals surface area (Å²) in [6.07, 6.45) is 22.7. The maximum absolute atomic E-state index is 8.35. The summed E-state index contributed by atoms with van der Waals surface area (Å²) < 4.78 is 0. The summed E-state index contributed by atoms with van der Waals surface area (Å²) in [7, 11) is 0. The smallest absolute Gasteiger partial charge is 0.222 e. The highest BCUT2D eigenvalue weighted by Crippen LogP contribution is 2.13. The van der Waals surface area contributed by atoms with Gasteiger partial charge in [-0.1, -0.05) is 110 Å². The largest absolute Gasteiger partial charge is 0.231 e. The molecule has 0 saturated heterocycles. The number of hydrogen-bond donors (Lipinski definition) is 1. The van der Waals surface area contributed by atoms with Crippen molar-refractivity contribution in [3.05, 3.63) is 0 Å². The molecule has 0 heterocycles. The first-order valence-corrected chi connectivity index (χ1v) is 8.87. The molecule has 0 bridgehead atoms. The molecule has 0 atom stereocenters. The van der Waals surface area contributed by atoms with E-state index >= 15 is 0 Å². The molecule has 1 N–H and O–H groups in total. The lowest BCUT2D eigenvalue weighted by molar-refractivity contribution is 0.534. The Bertz CT molecular complexity index is 172. The normalized spacial score (nSPS) is 9.70. The second-order valence-electron chi connectivity index (χ2n) is 5.70. The predicted molar refractivity (Wildman–Crippen MR) is 89.0 cm³/mol. The van der Waals surface area contributed by atoms with Crippen LogP contribution in [0.2, 0.25) is 0 Å². The average Bonchev–Trinajstić information content (AvgIpc) is 2.45. The molecule has 0 unspecified atom stereocenters. The number of rotatable bonds is 14. The van der Waals surface area contributed by atoms with Crippen LogP contribution in [0.5, 0.6) is 0 Å². The lowest BCUT2D eigenvalue weighted by Gasteiger charge is -2.02. The molecule has 0 aromatic carbocycles. The summed E-state index contributed by atoms with van der Waals surface area (Å²) in [6, 6.07) is 0. The second kappa shape index (κ2) is 23.5. The molecule has 0 spiro atoms. The van der Waals surface area contributed by atoms with Crippen LogP contribution < -0.4 is 0 Å². The van der Waals surface area contributed by atoms with Crippen LogP contribution in [-0.4, -0.2) is 6.08 Å². The quantitative estimate of drug-likeness (QED) is 0.213. The van der Waals surface area contributed by atoms with Crippen LogP contribution in [0.4, 0.5) is 0 Å². The summed E-state index contributed by atoms with van der Waals surface area (Å²) in [6.45, 7) is 4.58. The van der Waals surface area contributed by atoms with Crippen LogP contribution in [0, 0.1) is 5.41 Å². The van der Waals surface area contributed by atoms with E-state index in [1.54, 1.807) is 0 Å². The average molecular weight is 283 g/mol. The Hall–Kier alpha value is -0.620. The minimum atomic E-state index is 0.750. The Morgan fingerprint density at radius 2 is 0.700 bits per heavy atom. The van der Waals surface area contributed by atoms with Gasteiger partial charge in [-0.05, 0) is 0 Å². The van der Waals surface area contributed by atoms with Crippen LogP contribution in [0.1, 0.15) is 110 Å². The van der Waals surface area contributed by atoms with E-state index in [-0.39, 0.29) is 0 Å². The molecule has 0 aromatic rings. The number of nitrogens with one attached hydrogen (secondary N) is 1. The zero-order valence-corrected chi connectivity index (χ0v) is 14.0. The molecule has 0 aromatic heterocycles. The van der Waals surface area contributed by atoms with Crippen molar-refractivity contribution in [2.75, 3.05) is 0 Å². The van der Waals surface area contributed by atoms with Crippen molar-refractivity contribution < 1.29 is 4.79 Å². The van der Waals surface area contributed by atoms with E-state index < -0.39 is 0 Å². The molecule has 2 heteroatoms. The van der Waals surface area contributed by atoms with Gasteiger partial charge in [0.1, 0.15) is 0 Å². The lowest BCUT2D eigenvalue weighted by atomic mass is 10.0. The number of carbonyl (C=O) groups excluding carboxylic acids is 1. The fraction of sp³-hybridized carbons (Fsp3) is 0.944. The van der Waals surface area contributed by atoms with Crippen LogP contribution in [0.25, 0.3) is 0 Å². The molecule has 0 radical (unpaired) electrons. The Kier molecular flexibility index (Phi) is 25.4. The highest BCUT2D eigenvalue weighted by Gasteiger charge is 1.93. The molecular formula is C18H37NO. The van der Waals surface area contributed by atoms with Gasteiger partial charge in [0, 0.05) is 0 Å². The van der Waals surface area contributed by atoms with E-state index in [9.17, 15) is 0 Å². The molecule has 0 aliphatic rings. The maximum atomic E-state index is 8.35. The second-order valence-corrected chi connectivity index (χ2v) is 5.70. The molecule has 0 amide bonds. The van der Waals surface area contributed by atoms with E-state index in [0.717, 1.165) is 6.08 Å². The van der Waals surface area contributed by atoms with Crippen molar-refractivity contribution >= 4 is 6.08 Å². The minimum Gasteiger partial charge on any atom is -0.222 e. The first-order valence-electron chi connectivity index (χ1n) is 8.87. The molecular weight excluding hydrogens is 246 g/mol. The monoisotopic (exact) mass is 283 g/mol. The standard InChI is InChI=1S/C17H36.CHNO/c1-3-5-7-9-11-13-15-17-16-14-12-10-8-6-4-2;2-1-3/h3-17H2,1-2H3;2H. The third-order valence-electron chi connectivity index (χ3n) is 3.71. The summed E-state index contributed by atoms with van der Waals surface area (Å²) in [5, 5.41) is 5.40. The number of unbranched alkanes of at least 4 members (excludes halogenated alkanes) is 14. The lowest BCUT2D eigenvalue weighted by Crippen LogP contribution is -1.82. The fourth-order valence-corrected chi connectivity index (χ4v) is 2.44. The molecule has 2 nitrogen and oxygen atoms in total. The van der Waals surface area contributed by atoms with Gasteiger partial charge in [-0.15, -0.1) is 0 Å².